The van der Waals surface area contributed by atoms with Gasteiger partial charge in [0.2, 0.25) is 5.91 Å². The summed E-state index contributed by atoms with van der Waals surface area (Å²) in [5.41, 5.74) is 1.88. The quantitative estimate of drug-likeness (QED) is 0.853. The van der Waals surface area contributed by atoms with Gasteiger partial charge in [0.25, 0.3) is 0 Å². The minimum atomic E-state index is -2.86. The van der Waals surface area contributed by atoms with Crippen LogP contribution in [0.15, 0.2) is 24.3 Å². The molecule has 1 aliphatic heterocycles. The van der Waals surface area contributed by atoms with Crippen LogP contribution in [0.5, 0.6) is 0 Å². The Labute approximate surface area is 119 Å². The average Bonchev–Trinajstić information content (AvgIpc) is 2.69. The van der Waals surface area contributed by atoms with Gasteiger partial charge in [0.05, 0.1) is 11.5 Å². The van der Waals surface area contributed by atoms with E-state index in [0.717, 1.165) is 11.3 Å². The maximum Gasteiger partial charge on any atom is 0.225 e. The van der Waals surface area contributed by atoms with Crippen LogP contribution in [0.3, 0.4) is 0 Å². The lowest BCUT2D eigenvalue weighted by Gasteiger charge is -2.10. The van der Waals surface area contributed by atoms with Crippen molar-refractivity contribution < 1.29 is 13.2 Å². The molecule has 0 saturated carbocycles. The third-order valence-corrected chi connectivity index (χ3v) is 5.09. The van der Waals surface area contributed by atoms with Crippen molar-refractivity contribution in [1.82, 2.24) is 5.32 Å². The van der Waals surface area contributed by atoms with E-state index >= 15 is 0 Å². The first-order chi connectivity index (χ1) is 9.44. The first-order valence-electron chi connectivity index (χ1n) is 6.75. The Morgan fingerprint density at radius 1 is 1.40 bits per heavy atom. The van der Waals surface area contributed by atoms with Gasteiger partial charge in [-0.1, -0.05) is 12.1 Å². The predicted octanol–water partition coefficient (Wildman–Crippen LogP) is 1.10. The second-order valence-electron chi connectivity index (χ2n) is 5.22. The van der Waals surface area contributed by atoms with Crippen molar-refractivity contribution in [1.29, 1.82) is 0 Å². The second-order valence-corrected chi connectivity index (χ2v) is 7.45. The molecule has 5 nitrogen and oxygen atoms in total. The summed E-state index contributed by atoms with van der Waals surface area (Å²) in [6.07, 6.45) is 0.978. The SMILES string of the molecule is Cc1cccc(NC(=O)CCNC2CCS(=O)(=O)C2)c1. The molecule has 1 amide bonds. The van der Waals surface area contributed by atoms with Gasteiger partial charge in [-0.2, -0.15) is 0 Å². The van der Waals surface area contributed by atoms with Crippen LogP contribution in [-0.2, 0) is 14.6 Å². The van der Waals surface area contributed by atoms with Gasteiger partial charge >= 0.3 is 0 Å². The minimum absolute atomic E-state index is 0.00762. The van der Waals surface area contributed by atoms with Gasteiger partial charge in [-0.25, -0.2) is 8.42 Å². The third-order valence-electron chi connectivity index (χ3n) is 3.32. The molecular weight excluding hydrogens is 276 g/mol. The Kier molecular flexibility index (Phi) is 4.77. The van der Waals surface area contributed by atoms with Gasteiger partial charge in [-0.05, 0) is 31.0 Å². The average molecular weight is 296 g/mol. The standard InChI is InChI=1S/C14H20N2O3S/c1-11-3-2-4-12(9-11)16-14(17)5-7-15-13-6-8-20(18,19)10-13/h2-4,9,13,15H,5-8,10H2,1H3,(H,16,17). The molecule has 1 aromatic rings. The summed E-state index contributed by atoms with van der Waals surface area (Å²) in [6.45, 7) is 2.47. The summed E-state index contributed by atoms with van der Waals surface area (Å²) in [6, 6.07) is 7.62. The molecule has 0 spiro atoms. The highest BCUT2D eigenvalue weighted by molar-refractivity contribution is 7.91. The van der Waals surface area contributed by atoms with E-state index in [0.29, 0.717) is 19.4 Å². The molecule has 0 bridgehead atoms. The number of amides is 1. The van der Waals surface area contributed by atoms with Crippen LogP contribution in [-0.4, -0.2) is 38.4 Å². The Morgan fingerprint density at radius 2 is 2.20 bits per heavy atom. The van der Waals surface area contributed by atoms with Crippen molar-refractivity contribution in [2.45, 2.75) is 25.8 Å². The Bertz CT molecular complexity index is 584. The first-order valence-corrected chi connectivity index (χ1v) is 8.57. The van der Waals surface area contributed by atoms with E-state index in [1.807, 2.05) is 31.2 Å². The number of anilines is 1. The Balaban J connectivity index is 1.71. The molecule has 2 N–H and O–H groups in total. The van der Waals surface area contributed by atoms with E-state index in [1.54, 1.807) is 0 Å². The number of carbonyl (C=O) groups is 1. The second kappa shape index (κ2) is 6.37. The minimum Gasteiger partial charge on any atom is -0.326 e. The number of benzene rings is 1. The van der Waals surface area contributed by atoms with Crippen molar-refractivity contribution in [3.63, 3.8) is 0 Å². The lowest BCUT2D eigenvalue weighted by Crippen LogP contribution is -2.32. The van der Waals surface area contributed by atoms with Crippen molar-refractivity contribution in [2.24, 2.45) is 0 Å². The molecule has 110 valence electrons. The van der Waals surface area contributed by atoms with Crippen molar-refractivity contribution in [2.75, 3.05) is 23.4 Å². The normalized spacial score (nSPS) is 20.8. The van der Waals surface area contributed by atoms with Crippen LogP contribution in [0, 0.1) is 6.92 Å². The van der Waals surface area contributed by atoms with Gasteiger partial charge in [-0.15, -0.1) is 0 Å². The van der Waals surface area contributed by atoms with Crippen molar-refractivity contribution in [3.05, 3.63) is 29.8 Å². The Morgan fingerprint density at radius 3 is 2.85 bits per heavy atom. The fourth-order valence-corrected chi connectivity index (χ4v) is 4.00. The molecule has 0 radical (unpaired) electrons. The summed E-state index contributed by atoms with van der Waals surface area (Å²) in [5.74, 6) is 0.371. The molecule has 20 heavy (non-hydrogen) atoms. The summed E-state index contributed by atoms with van der Waals surface area (Å²) < 4.78 is 22.6. The third kappa shape index (κ3) is 4.61. The van der Waals surface area contributed by atoms with E-state index in [1.165, 1.54) is 0 Å². The number of hydrogen-bond acceptors (Lipinski definition) is 4. The van der Waals surface area contributed by atoms with E-state index < -0.39 is 9.84 Å². The smallest absolute Gasteiger partial charge is 0.225 e. The van der Waals surface area contributed by atoms with E-state index in [4.69, 9.17) is 0 Å². The van der Waals surface area contributed by atoms with Crippen LogP contribution >= 0.6 is 0 Å². The molecule has 1 heterocycles. The van der Waals surface area contributed by atoms with Gasteiger partial charge in [-0.3, -0.25) is 4.79 Å². The zero-order valence-corrected chi connectivity index (χ0v) is 12.4. The maximum absolute atomic E-state index is 11.8. The number of sulfone groups is 1. The predicted molar refractivity (Wildman–Crippen MR) is 79.5 cm³/mol. The Hall–Kier alpha value is -1.40. The van der Waals surface area contributed by atoms with Gasteiger partial charge < -0.3 is 10.6 Å². The lowest BCUT2D eigenvalue weighted by molar-refractivity contribution is -0.116. The summed E-state index contributed by atoms with van der Waals surface area (Å²) in [5, 5.41) is 5.95. The molecule has 0 aliphatic carbocycles. The maximum atomic E-state index is 11.8. The molecular formula is C14H20N2O3S. The lowest BCUT2D eigenvalue weighted by atomic mass is 10.2. The van der Waals surface area contributed by atoms with Crippen molar-refractivity contribution >= 4 is 21.4 Å². The molecule has 0 aromatic heterocycles. The number of hydrogen-bond donors (Lipinski definition) is 2. The number of aryl methyl sites for hydroxylation is 1. The zero-order chi connectivity index (χ0) is 14.6. The van der Waals surface area contributed by atoms with Crippen LogP contribution in [0.4, 0.5) is 5.69 Å². The van der Waals surface area contributed by atoms with Crippen molar-refractivity contribution in [3.8, 4) is 0 Å². The van der Waals surface area contributed by atoms with Gasteiger partial charge in [0.15, 0.2) is 9.84 Å². The molecule has 1 saturated heterocycles. The largest absolute Gasteiger partial charge is 0.326 e. The molecule has 1 fully saturated rings. The van der Waals surface area contributed by atoms with Gasteiger partial charge in [0.1, 0.15) is 0 Å². The van der Waals surface area contributed by atoms with Crippen LogP contribution < -0.4 is 10.6 Å². The van der Waals surface area contributed by atoms with Crippen LogP contribution in [0.1, 0.15) is 18.4 Å². The highest BCUT2D eigenvalue weighted by atomic mass is 32.2. The number of carbonyl (C=O) groups excluding carboxylic acids is 1. The highest BCUT2D eigenvalue weighted by Gasteiger charge is 2.27. The zero-order valence-electron chi connectivity index (χ0n) is 11.6. The summed E-state index contributed by atoms with van der Waals surface area (Å²) in [7, 11) is -2.86. The van der Waals surface area contributed by atoms with E-state index in [-0.39, 0.29) is 23.5 Å². The summed E-state index contributed by atoms with van der Waals surface area (Å²) in [4.78, 5) is 11.8. The molecule has 1 aliphatic rings. The molecule has 2 rings (SSSR count). The van der Waals surface area contributed by atoms with Crippen LogP contribution in [0.25, 0.3) is 0 Å². The van der Waals surface area contributed by atoms with Crippen LogP contribution in [0.2, 0.25) is 0 Å². The van der Waals surface area contributed by atoms with E-state index in [2.05, 4.69) is 10.6 Å². The van der Waals surface area contributed by atoms with Gasteiger partial charge in [0, 0.05) is 24.7 Å². The molecule has 1 aromatic carbocycles. The topological polar surface area (TPSA) is 75.3 Å². The fraction of sp³-hybridized carbons (Fsp3) is 0.500. The van der Waals surface area contributed by atoms with E-state index in [9.17, 15) is 13.2 Å². The number of rotatable bonds is 5. The molecule has 1 unspecified atom stereocenters. The monoisotopic (exact) mass is 296 g/mol. The summed E-state index contributed by atoms with van der Waals surface area (Å²) >= 11 is 0. The molecule has 6 heteroatoms. The first kappa shape index (κ1) is 15.0. The fourth-order valence-electron chi connectivity index (χ4n) is 2.29. The number of nitrogens with one attached hydrogen (secondary N) is 2. The molecule has 1 atom stereocenters. The highest BCUT2D eigenvalue weighted by Crippen LogP contribution is 2.12.